The van der Waals surface area contributed by atoms with Crippen LogP contribution in [-0.4, -0.2) is 57.8 Å². The van der Waals surface area contributed by atoms with Crippen molar-refractivity contribution in [1.29, 1.82) is 0 Å². The highest BCUT2D eigenvalue weighted by atomic mass is 16.2. The molecule has 23 heavy (non-hydrogen) atoms. The molecule has 0 atom stereocenters. The van der Waals surface area contributed by atoms with Crippen molar-refractivity contribution in [2.75, 3.05) is 26.2 Å². The van der Waals surface area contributed by atoms with Gasteiger partial charge in [-0.25, -0.2) is 4.98 Å². The maximum Gasteiger partial charge on any atom is 0.254 e. The normalized spacial score (nSPS) is 15.5. The van der Waals surface area contributed by atoms with Crippen LogP contribution in [0.3, 0.4) is 0 Å². The molecule has 2 heterocycles. The molecule has 1 fully saturated rings. The molecule has 0 bridgehead atoms. The lowest BCUT2D eigenvalue weighted by Crippen LogP contribution is -2.50. The molecular weight excluding hydrogens is 292 g/mol. The van der Waals surface area contributed by atoms with E-state index in [0.29, 0.717) is 37.7 Å². The Balaban J connectivity index is 1.77. The van der Waals surface area contributed by atoms with Gasteiger partial charge in [-0.1, -0.05) is 13.8 Å². The molecule has 0 spiro atoms. The molecule has 1 saturated heterocycles. The predicted molar refractivity (Wildman–Crippen MR) is 88.3 cm³/mol. The first-order valence-electron chi connectivity index (χ1n) is 8.00. The van der Waals surface area contributed by atoms with Crippen molar-refractivity contribution in [2.24, 2.45) is 0 Å². The summed E-state index contributed by atoms with van der Waals surface area (Å²) in [6.45, 7) is 8.09. The van der Waals surface area contributed by atoms with E-state index in [-0.39, 0.29) is 11.8 Å². The van der Waals surface area contributed by atoms with Crippen LogP contribution in [0.5, 0.6) is 0 Å². The topological polar surface area (TPSA) is 69.3 Å². The second kappa shape index (κ2) is 6.02. The number of H-pyrrole nitrogens is 1. The minimum absolute atomic E-state index is 0.01000. The van der Waals surface area contributed by atoms with Crippen molar-refractivity contribution in [1.82, 2.24) is 19.8 Å². The fourth-order valence-corrected chi connectivity index (χ4v) is 2.84. The molecular formula is C17H22N4O2. The average molecular weight is 314 g/mol. The molecule has 1 aliphatic heterocycles. The van der Waals surface area contributed by atoms with Crippen molar-refractivity contribution in [3.05, 3.63) is 29.6 Å². The van der Waals surface area contributed by atoms with Gasteiger partial charge >= 0.3 is 0 Å². The average Bonchev–Trinajstić information content (AvgIpc) is 2.97. The number of carbonyl (C=O) groups is 2. The zero-order chi connectivity index (χ0) is 16.6. The fourth-order valence-electron chi connectivity index (χ4n) is 2.84. The molecule has 6 heteroatoms. The first-order chi connectivity index (χ1) is 11.0. The van der Waals surface area contributed by atoms with Gasteiger partial charge < -0.3 is 14.8 Å². The number of imidazole rings is 1. The Morgan fingerprint density at radius 3 is 2.39 bits per heavy atom. The summed E-state index contributed by atoms with van der Waals surface area (Å²) in [7, 11) is 0. The van der Waals surface area contributed by atoms with Crippen LogP contribution in [0.4, 0.5) is 0 Å². The van der Waals surface area contributed by atoms with Gasteiger partial charge in [-0.2, -0.15) is 0 Å². The maximum atomic E-state index is 12.6. The Hall–Kier alpha value is -2.37. The van der Waals surface area contributed by atoms with Gasteiger partial charge in [0.2, 0.25) is 5.91 Å². The molecule has 2 amide bonds. The Morgan fingerprint density at radius 2 is 1.78 bits per heavy atom. The van der Waals surface area contributed by atoms with E-state index in [1.165, 1.54) is 0 Å². The zero-order valence-corrected chi connectivity index (χ0v) is 13.8. The second-order valence-corrected chi connectivity index (χ2v) is 6.31. The number of hydrogen-bond acceptors (Lipinski definition) is 3. The van der Waals surface area contributed by atoms with E-state index in [2.05, 4.69) is 23.8 Å². The molecule has 1 aromatic carbocycles. The van der Waals surface area contributed by atoms with Crippen molar-refractivity contribution >= 4 is 22.8 Å². The summed E-state index contributed by atoms with van der Waals surface area (Å²) in [6.07, 6.45) is 0. The molecule has 0 radical (unpaired) electrons. The summed E-state index contributed by atoms with van der Waals surface area (Å²) in [5.41, 5.74) is 2.43. The fraction of sp³-hybridized carbons (Fsp3) is 0.471. The number of amides is 2. The monoisotopic (exact) mass is 314 g/mol. The van der Waals surface area contributed by atoms with Gasteiger partial charge in [-0.3, -0.25) is 9.59 Å². The summed E-state index contributed by atoms with van der Waals surface area (Å²) in [5, 5.41) is 0. The summed E-state index contributed by atoms with van der Waals surface area (Å²) >= 11 is 0. The number of rotatable bonds is 2. The number of benzene rings is 1. The number of piperazine rings is 1. The number of hydrogen-bond donors (Lipinski definition) is 1. The third-order valence-electron chi connectivity index (χ3n) is 4.31. The van der Waals surface area contributed by atoms with Gasteiger partial charge in [0.05, 0.1) is 11.0 Å². The van der Waals surface area contributed by atoms with Crippen molar-refractivity contribution in [2.45, 2.75) is 26.7 Å². The summed E-state index contributed by atoms with van der Waals surface area (Å²) in [5.74, 6) is 1.33. The first kappa shape index (κ1) is 15.5. The number of nitrogens with zero attached hydrogens (tertiary/aromatic N) is 3. The first-order valence-corrected chi connectivity index (χ1v) is 8.00. The maximum absolute atomic E-state index is 12.6. The van der Waals surface area contributed by atoms with E-state index < -0.39 is 0 Å². The van der Waals surface area contributed by atoms with Crippen LogP contribution in [0.1, 0.15) is 42.9 Å². The van der Waals surface area contributed by atoms with Crippen LogP contribution in [0.15, 0.2) is 18.2 Å². The number of aromatic nitrogens is 2. The number of carbonyl (C=O) groups excluding carboxylic acids is 2. The highest BCUT2D eigenvalue weighted by molar-refractivity contribution is 5.97. The lowest BCUT2D eigenvalue weighted by molar-refractivity contribution is -0.130. The summed E-state index contributed by atoms with van der Waals surface area (Å²) in [6, 6.07) is 5.58. The van der Waals surface area contributed by atoms with Gasteiger partial charge in [0, 0.05) is 44.6 Å². The highest BCUT2D eigenvalue weighted by Crippen LogP contribution is 2.19. The minimum Gasteiger partial charge on any atom is -0.342 e. The molecule has 0 saturated carbocycles. The van der Waals surface area contributed by atoms with Crippen molar-refractivity contribution in [3.8, 4) is 0 Å². The van der Waals surface area contributed by atoms with Gasteiger partial charge in [0.1, 0.15) is 5.82 Å². The van der Waals surface area contributed by atoms with Gasteiger partial charge in [0.15, 0.2) is 0 Å². The van der Waals surface area contributed by atoms with Crippen LogP contribution in [-0.2, 0) is 4.79 Å². The van der Waals surface area contributed by atoms with E-state index >= 15 is 0 Å². The molecule has 1 aromatic heterocycles. The molecule has 1 aliphatic rings. The molecule has 1 N–H and O–H groups in total. The largest absolute Gasteiger partial charge is 0.342 e. The molecule has 3 rings (SSSR count). The smallest absolute Gasteiger partial charge is 0.254 e. The SMILES string of the molecule is CC(=O)N1CCN(C(=O)c2ccc3nc(C(C)C)[nH]c3c2)CC1. The second-order valence-electron chi connectivity index (χ2n) is 6.31. The summed E-state index contributed by atoms with van der Waals surface area (Å²) < 4.78 is 0. The lowest BCUT2D eigenvalue weighted by Gasteiger charge is -2.34. The molecule has 2 aromatic rings. The Labute approximate surface area is 135 Å². The van der Waals surface area contributed by atoms with Crippen LogP contribution < -0.4 is 0 Å². The van der Waals surface area contributed by atoms with Crippen LogP contribution in [0.25, 0.3) is 11.0 Å². The van der Waals surface area contributed by atoms with E-state index in [4.69, 9.17) is 0 Å². The standard InChI is InChI=1S/C17H22N4O2/c1-11(2)16-18-14-5-4-13(10-15(14)19-16)17(23)21-8-6-20(7-9-21)12(3)22/h4-5,10-11H,6-9H2,1-3H3,(H,18,19). The Bertz CT molecular complexity index is 742. The van der Waals surface area contributed by atoms with Gasteiger partial charge in [0.25, 0.3) is 5.91 Å². The van der Waals surface area contributed by atoms with Gasteiger partial charge in [-0.15, -0.1) is 0 Å². The molecule has 0 unspecified atom stereocenters. The van der Waals surface area contributed by atoms with E-state index in [1.54, 1.807) is 16.7 Å². The summed E-state index contributed by atoms with van der Waals surface area (Å²) in [4.78, 5) is 35.4. The third kappa shape index (κ3) is 3.06. The molecule has 122 valence electrons. The molecule has 6 nitrogen and oxygen atoms in total. The number of fused-ring (bicyclic) bond motifs is 1. The zero-order valence-electron chi connectivity index (χ0n) is 13.8. The van der Waals surface area contributed by atoms with Crippen molar-refractivity contribution < 1.29 is 9.59 Å². The van der Waals surface area contributed by atoms with Crippen LogP contribution in [0, 0.1) is 0 Å². The van der Waals surface area contributed by atoms with E-state index in [0.717, 1.165) is 16.9 Å². The lowest BCUT2D eigenvalue weighted by atomic mass is 10.1. The van der Waals surface area contributed by atoms with E-state index in [1.807, 2.05) is 18.2 Å². The van der Waals surface area contributed by atoms with Crippen molar-refractivity contribution in [3.63, 3.8) is 0 Å². The predicted octanol–water partition coefficient (Wildman–Crippen LogP) is 1.99. The minimum atomic E-state index is 0.01000. The third-order valence-corrected chi connectivity index (χ3v) is 4.31. The van der Waals surface area contributed by atoms with Crippen LogP contribution >= 0.6 is 0 Å². The molecule has 0 aliphatic carbocycles. The Morgan fingerprint density at radius 1 is 1.13 bits per heavy atom. The Kier molecular flexibility index (Phi) is 4.07. The number of aromatic amines is 1. The quantitative estimate of drug-likeness (QED) is 0.921. The highest BCUT2D eigenvalue weighted by Gasteiger charge is 2.23. The van der Waals surface area contributed by atoms with Gasteiger partial charge in [-0.05, 0) is 18.2 Å². The van der Waals surface area contributed by atoms with E-state index in [9.17, 15) is 9.59 Å². The number of nitrogens with one attached hydrogen (secondary N) is 1. The van der Waals surface area contributed by atoms with Crippen LogP contribution in [0.2, 0.25) is 0 Å².